The molecule has 4 nitrogen and oxygen atoms in total. The van der Waals surface area contributed by atoms with Crippen LogP contribution in [-0.4, -0.2) is 16.9 Å². The molecule has 2 N–H and O–H groups in total. The smallest absolute Gasteiger partial charge is 0.335 e. The number of aromatic carboxylic acids is 1. The van der Waals surface area contributed by atoms with Crippen LogP contribution in [0.1, 0.15) is 89.1 Å². The van der Waals surface area contributed by atoms with E-state index >= 15 is 0 Å². The van der Waals surface area contributed by atoms with Crippen LogP contribution < -0.4 is 5.32 Å². The fraction of sp³-hybridized carbons (Fsp3) is 0.312. The summed E-state index contributed by atoms with van der Waals surface area (Å²) in [6, 6.07) is 19.1. The molecule has 0 spiro atoms. The van der Waals surface area contributed by atoms with E-state index in [1.807, 2.05) is 6.07 Å². The van der Waals surface area contributed by atoms with Gasteiger partial charge in [0, 0.05) is 17.8 Å². The molecule has 0 aromatic heterocycles. The van der Waals surface area contributed by atoms with E-state index in [1.54, 1.807) is 36.4 Å². The summed E-state index contributed by atoms with van der Waals surface area (Å²) in [5.41, 5.74) is 7.62. The van der Waals surface area contributed by atoms with Gasteiger partial charge in [0.05, 0.1) is 5.56 Å². The Hall–Kier alpha value is -3.66. The monoisotopic (exact) mass is 481 g/mol. The molecule has 0 radical (unpaired) electrons. The van der Waals surface area contributed by atoms with E-state index in [0.717, 1.165) is 24.1 Å². The van der Waals surface area contributed by atoms with Crippen LogP contribution in [0.25, 0.3) is 6.08 Å². The summed E-state index contributed by atoms with van der Waals surface area (Å²) in [4.78, 5) is 24.4. The van der Waals surface area contributed by atoms with Gasteiger partial charge in [-0.2, -0.15) is 0 Å². The van der Waals surface area contributed by atoms with Gasteiger partial charge in [-0.25, -0.2) is 4.79 Å². The van der Waals surface area contributed by atoms with Gasteiger partial charge in [0.15, 0.2) is 5.78 Å². The summed E-state index contributed by atoms with van der Waals surface area (Å²) in [5.74, 6) is -1.04. The predicted octanol–water partition coefficient (Wildman–Crippen LogP) is 7.55. The molecule has 3 aromatic rings. The van der Waals surface area contributed by atoms with E-state index in [2.05, 4.69) is 70.3 Å². The Labute approximate surface area is 214 Å². The number of ketones is 1. The first-order valence-corrected chi connectivity index (χ1v) is 12.5. The maximum Gasteiger partial charge on any atom is 0.335 e. The average molecular weight is 482 g/mol. The van der Waals surface area contributed by atoms with Crippen molar-refractivity contribution in [2.24, 2.45) is 0 Å². The first kappa shape index (κ1) is 25.4. The number of hydrogen-bond acceptors (Lipinski definition) is 3. The molecule has 0 fully saturated rings. The Balaban J connectivity index is 1.69. The summed E-state index contributed by atoms with van der Waals surface area (Å²) in [6.07, 6.45) is 5.46. The van der Waals surface area contributed by atoms with Gasteiger partial charge in [-0.15, -0.1) is 0 Å². The van der Waals surface area contributed by atoms with Crippen LogP contribution in [0.4, 0.5) is 5.69 Å². The SMILES string of the molecule is Cc1ccc(CNc2cc(C(=O)/C=C/c3ccc(C(=O)O)cc3)cc3c2C(C)(C)CCC3(C)C)cc1. The molecular weight excluding hydrogens is 446 g/mol. The molecule has 1 aliphatic rings. The Morgan fingerprint density at radius 1 is 0.889 bits per heavy atom. The molecule has 0 saturated heterocycles. The first-order chi connectivity index (χ1) is 17.0. The zero-order valence-corrected chi connectivity index (χ0v) is 21.8. The molecule has 4 heteroatoms. The van der Waals surface area contributed by atoms with E-state index in [0.29, 0.717) is 12.1 Å². The van der Waals surface area contributed by atoms with E-state index < -0.39 is 5.97 Å². The Morgan fingerprint density at radius 3 is 2.17 bits per heavy atom. The van der Waals surface area contributed by atoms with Crippen LogP contribution in [0, 0.1) is 6.92 Å². The predicted molar refractivity (Wildman–Crippen MR) is 147 cm³/mol. The average Bonchev–Trinajstić information content (AvgIpc) is 2.85. The molecule has 36 heavy (non-hydrogen) atoms. The molecule has 3 aromatic carbocycles. The lowest BCUT2D eigenvalue weighted by molar-refractivity contribution is 0.0696. The highest BCUT2D eigenvalue weighted by molar-refractivity contribution is 6.07. The number of nitrogens with one attached hydrogen (secondary N) is 1. The zero-order chi connectivity index (χ0) is 26.1. The van der Waals surface area contributed by atoms with E-state index in [1.165, 1.54) is 22.3 Å². The lowest BCUT2D eigenvalue weighted by atomic mass is 9.62. The number of carbonyl (C=O) groups excluding carboxylic acids is 1. The number of aryl methyl sites for hydroxylation is 1. The van der Waals surface area contributed by atoms with Crippen LogP contribution in [0.2, 0.25) is 0 Å². The summed E-state index contributed by atoms with van der Waals surface area (Å²) in [7, 11) is 0. The van der Waals surface area contributed by atoms with Crippen molar-refractivity contribution in [1.82, 2.24) is 0 Å². The minimum Gasteiger partial charge on any atom is -0.478 e. The van der Waals surface area contributed by atoms with Crippen LogP contribution >= 0.6 is 0 Å². The minimum absolute atomic E-state index is 0.00374. The number of fused-ring (bicyclic) bond motifs is 1. The van der Waals surface area contributed by atoms with Gasteiger partial charge >= 0.3 is 5.97 Å². The second kappa shape index (κ2) is 9.77. The molecule has 0 atom stereocenters. The number of hydrogen-bond donors (Lipinski definition) is 2. The highest BCUT2D eigenvalue weighted by atomic mass is 16.4. The summed E-state index contributed by atoms with van der Waals surface area (Å²) in [5, 5.41) is 12.8. The second-order valence-electron chi connectivity index (χ2n) is 11.2. The molecule has 0 heterocycles. The molecule has 0 saturated carbocycles. The molecule has 186 valence electrons. The fourth-order valence-electron chi connectivity index (χ4n) is 4.98. The van der Waals surface area contributed by atoms with Crippen LogP contribution in [0.5, 0.6) is 0 Å². The number of rotatable bonds is 7. The number of carbonyl (C=O) groups is 2. The first-order valence-electron chi connectivity index (χ1n) is 12.5. The van der Waals surface area contributed by atoms with Crippen molar-refractivity contribution < 1.29 is 14.7 Å². The van der Waals surface area contributed by atoms with Crippen molar-refractivity contribution in [2.75, 3.05) is 5.32 Å². The lowest BCUT2D eigenvalue weighted by Crippen LogP contribution is -2.35. The van der Waals surface area contributed by atoms with Gasteiger partial charge in [0.2, 0.25) is 0 Å². The third-order valence-electron chi connectivity index (χ3n) is 7.39. The standard InChI is InChI=1S/C32H35NO3/c1-21-6-8-23(9-7-21)20-33-27-19-25(18-26-29(27)32(4,5)17-16-31(26,2)3)28(34)15-12-22-10-13-24(14-11-22)30(35)36/h6-15,18-19,33H,16-17,20H2,1-5H3,(H,35,36)/b15-12+. The van der Waals surface area contributed by atoms with E-state index in [4.69, 9.17) is 5.11 Å². The van der Waals surface area contributed by atoms with Crippen LogP contribution in [0.3, 0.4) is 0 Å². The molecule has 1 aliphatic carbocycles. The molecule has 0 amide bonds. The Morgan fingerprint density at radius 2 is 1.53 bits per heavy atom. The number of anilines is 1. The number of allylic oxidation sites excluding steroid dienone is 1. The third-order valence-corrected chi connectivity index (χ3v) is 7.39. The quantitative estimate of drug-likeness (QED) is 0.270. The van der Waals surface area contributed by atoms with Gasteiger partial charge in [0.1, 0.15) is 0 Å². The maximum absolute atomic E-state index is 13.3. The van der Waals surface area contributed by atoms with E-state index in [9.17, 15) is 9.59 Å². The fourth-order valence-corrected chi connectivity index (χ4v) is 4.98. The van der Waals surface area contributed by atoms with Gasteiger partial charge in [0.25, 0.3) is 0 Å². The normalized spacial score (nSPS) is 15.9. The van der Waals surface area contributed by atoms with Crippen molar-refractivity contribution in [3.05, 3.63) is 106 Å². The van der Waals surface area contributed by atoms with Gasteiger partial charge < -0.3 is 10.4 Å². The van der Waals surface area contributed by atoms with Gasteiger partial charge in [-0.3, -0.25) is 4.79 Å². The van der Waals surface area contributed by atoms with Gasteiger partial charge in [-0.1, -0.05) is 75.7 Å². The Kier molecular flexibility index (Phi) is 6.90. The lowest BCUT2D eigenvalue weighted by Gasteiger charge is -2.43. The summed E-state index contributed by atoms with van der Waals surface area (Å²) >= 11 is 0. The van der Waals surface area contributed by atoms with Crippen molar-refractivity contribution >= 4 is 23.5 Å². The molecule has 0 bridgehead atoms. The van der Waals surface area contributed by atoms with E-state index in [-0.39, 0.29) is 22.2 Å². The molecule has 4 rings (SSSR count). The van der Waals surface area contributed by atoms with Crippen LogP contribution in [-0.2, 0) is 17.4 Å². The van der Waals surface area contributed by atoms with Crippen LogP contribution in [0.15, 0.2) is 66.7 Å². The number of benzene rings is 3. The highest BCUT2D eigenvalue weighted by Crippen LogP contribution is 2.49. The zero-order valence-electron chi connectivity index (χ0n) is 21.8. The second-order valence-corrected chi connectivity index (χ2v) is 11.2. The summed E-state index contributed by atoms with van der Waals surface area (Å²) in [6.45, 7) is 11.9. The number of carboxylic acid groups (broad SMARTS) is 1. The van der Waals surface area contributed by atoms with Crippen molar-refractivity contribution in [3.8, 4) is 0 Å². The largest absolute Gasteiger partial charge is 0.478 e. The molecular formula is C32H35NO3. The van der Waals surface area contributed by atoms with Crippen molar-refractivity contribution in [2.45, 2.75) is 64.8 Å². The minimum atomic E-state index is -0.966. The third kappa shape index (κ3) is 5.43. The number of carboxylic acids is 1. The van der Waals surface area contributed by atoms with Gasteiger partial charge in [-0.05, 0) is 83.2 Å². The Bertz CT molecular complexity index is 1310. The molecule has 0 unspecified atom stereocenters. The maximum atomic E-state index is 13.3. The molecule has 0 aliphatic heterocycles. The highest BCUT2D eigenvalue weighted by Gasteiger charge is 2.39. The van der Waals surface area contributed by atoms with Crippen molar-refractivity contribution in [3.63, 3.8) is 0 Å². The summed E-state index contributed by atoms with van der Waals surface area (Å²) < 4.78 is 0. The topological polar surface area (TPSA) is 66.4 Å². The van der Waals surface area contributed by atoms with Crippen molar-refractivity contribution in [1.29, 1.82) is 0 Å².